The molecule has 0 aliphatic carbocycles. The van der Waals surface area contributed by atoms with E-state index in [0.29, 0.717) is 16.3 Å². The minimum atomic E-state index is -3.92. The van der Waals surface area contributed by atoms with E-state index in [0.717, 1.165) is 6.07 Å². The maximum Gasteiger partial charge on any atom is 0.270 e. The summed E-state index contributed by atoms with van der Waals surface area (Å²) >= 11 is 5.84. The molecule has 0 saturated carbocycles. The maximum atomic E-state index is 13.0. The molecule has 1 amide bonds. The topological polar surface area (TPSA) is 110 Å². The van der Waals surface area contributed by atoms with Gasteiger partial charge in [0.1, 0.15) is 5.75 Å². The highest BCUT2D eigenvalue weighted by Gasteiger charge is 2.33. The first-order valence-corrected chi connectivity index (χ1v) is 11.4. The summed E-state index contributed by atoms with van der Waals surface area (Å²) in [5.41, 5.74) is 0.139. The normalized spacial score (nSPS) is 16.0. The molecule has 3 rings (SSSR count). The molecule has 1 unspecified atom stereocenters. The summed E-state index contributed by atoms with van der Waals surface area (Å²) in [7, 11) is -3.92. The molecule has 1 atom stereocenters. The fourth-order valence-electron chi connectivity index (χ4n) is 3.29. The van der Waals surface area contributed by atoms with Crippen molar-refractivity contribution < 1.29 is 22.9 Å². The number of rotatable bonds is 6. The molecule has 166 valence electrons. The Morgan fingerprint density at radius 2 is 1.74 bits per heavy atom. The van der Waals surface area contributed by atoms with Crippen molar-refractivity contribution in [2.75, 3.05) is 26.2 Å². The van der Waals surface area contributed by atoms with Gasteiger partial charge in [-0.1, -0.05) is 17.7 Å². The number of hydrogen-bond donors (Lipinski definition) is 0. The number of aryl methyl sites for hydroxylation is 1. The van der Waals surface area contributed by atoms with Gasteiger partial charge in [-0.05, 0) is 43.7 Å². The lowest BCUT2D eigenvalue weighted by molar-refractivity contribution is -0.385. The van der Waals surface area contributed by atoms with Crippen LogP contribution >= 0.6 is 11.6 Å². The molecule has 11 heteroatoms. The predicted octanol–water partition coefficient (Wildman–Crippen LogP) is 2.86. The van der Waals surface area contributed by atoms with Crippen LogP contribution in [0.2, 0.25) is 5.02 Å². The SMILES string of the molecule is Cc1ccc([N+](=O)[O-])cc1S(=O)(=O)N1CCN(C(=O)C(C)Oc2ccc(Cl)cc2)CC1. The fraction of sp³-hybridized carbons (Fsp3) is 0.350. The summed E-state index contributed by atoms with van der Waals surface area (Å²) in [4.78, 5) is 24.6. The number of benzene rings is 2. The zero-order chi connectivity index (χ0) is 22.8. The lowest BCUT2D eigenvalue weighted by atomic mass is 10.2. The smallest absolute Gasteiger partial charge is 0.270 e. The van der Waals surface area contributed by atoms with Crippen molar-refractivity contribution in [1.29, 1.82) is 0 Å². The molecule has 0 bridgehead atoms. The van der Waals surface area contributed by atoms with Gasteiger partial charge in [-0.15, -0.1) is 0 Å². The predicted molar refractivity (Wildman–Crippen MR) is 115 cm³/mol. The summed E-state index contributed by atoms with van der Waals surface area (Å²) in [5, 5.41) is 11.6. The molecule has 1 fully saturated rings. The minimum absolute atomic E-state index is 0.0872. The van der Waals surface area contributed by atoms with Crippen LogP contribution in [0.4, 0.5) is 5.69 Å². The average molecular weight is 468 g/mol. The first-order valence-electron chi connectivity index (χ1n) is 9.56. The van der Waals surface area contributed by atoms with Crippen LogP contribution in [0.1, 0.15) is 12.5 Å². The van der Waals surface area contributed by atoms with E-state index in [2.05, 4.69) is 0 Å². The fourth-order valence-corrected chi connectivity index (χ4v) is 5.09. The van der Waals surface area contributed by atoms with E-state index in [9.17, 15) is 23.3 Å². The second-order valence-electron chi connectivity index (χ2n) is 7.15. The molecule has 1 aliphatic heterocycles. The summed E-state index contributed by atoms with van der Waals surface area (Å²) in [6.07, 6.45) is -0.747. The maximum absolute atomic E-state index is 13.0. The largest absolute Gasteiger partial charge is 0.481 e. The highest BCUT2D eigenvalue weighted by molar-refractivity contribution is 7.89. The van der Waals surface area contributed by atoms with E-state index in [1.807, 2.05) is 0 Å². The van der Waals surface area contributed by atoms with Crippen LogP contribution in [0.5, 0.6) is 5.75 Å². The van der Waals surface area contributed by atoms with Gasteiger partial charge in [0.15, 0.2) is 6.10 Å². The number of sulfonamides is 1. The number of carbonyl (C=O) groups excluding carboxylic acids is 1. The zero-order valence-corrected chi connectivity index (χ0v) is 18.6. The van der Waals surface area contributed by atoms with Crippen molar-refractivity contribution in [3.63, 3.8) is 0 Å². The van der Waals surface area contributed by atoms with Gasteiger partial charge >= 0.3 is 0 Å². The lowest BCUT2D eigenvalue weighted by Gasteiger charge is -2.35. The first kappa shape index (κ1) is 23.0. The van der Waals surface area contributed by atoms with Gasteiger partial charge in [0.05, 0.1) is 9.82 Å². The second-order valence-corrected chi connectivity index (χ2v) is 9.49. The van der Waals surface area contributed by atoms with E-state index >= 15 is 0 Å². The van der Waals surface area contributed by atoms with Crippen molar-refractivity contribution in [3.05, 3.63) is 63.2 Å². The first-order chi connectivity index (χ1) is 14.6. The molecular formula is C20H22ClN3O6S. The van der Waals surface area contributed by atoms with Crippen LogP contribution < -0.4 is 4.74 Å². The lowest BCUT2D eigenvalue weighted by Crippen LogP contribution is -2.53. The van der Waals surface area contributed by atoms with Crippen molar-refractivity contribution in [1.82, 2.24) is 9.21 Å². The third-order valence-electron chi connectivity index (χ3n) is 5.02. The molecular weight excluding hydrogens is 446 g/mol. The molecule has 1 aliphatic rings. The number of halogens is 1. The molecule has 1 heterocycles. The Kier molecular flexibility index (Phi) is 6.83. The van der Waals surface area contributed by atoms with Gasteiger partial charge < -0.3 is 9.64 Å². The van der Waals surface area contributed by atoms with E-state index in [1.54, 1.807) is 43.0 Å². The summed E-state index contributed by atoms with van der Waals surface area (Å²) < 4.78 is 32.9. The van der Waals surface area contributed by atoms with Gasteiger partial charge in [-0.2, -0.15) is 4.31 Å². The van der Waals surface area contributed by atoms with Crippen LogP contribution in [0.3, 0.4) is 0 Å². The monoisotopic (exact) mass is 467 g/mol. The summed E-state index contributed by atoms with van der Waals surface area (Å²) in [6.45, 7) is 3.78. The molecule has 2 aromatic carbocycles. The second kappa shape index (κ2) is 9.21. The quantitative estimate of drug-likeness (QED) is 0.477. The van der Waals surface area contributed by atoms with Crippen LogP contribution in [-0.2, 0) is 14.8 Å². The molecule has 0 radical (unpaired) electrons. The van der Waals surface area contributed by atoms with E-state index in [4.69, 9.17) is 16.3 Å². The van der Waals surface area contributed by atoms with Gasteiger partial charge in [0.2, 0.25) is 10.0 Å². The number of carbonyl (C=O) groups is 1. The van der Waals surface area contributed by atoms with Gasteiger partial charge in [0.25, 0.3) is 11.6 Å². The van der Waals surface area contributed by atoms with Crippen LogP contribution in [0.25, 0.3) is 0 Å². The Hall–Kier alpha value is -2.69. The molecule has 2 aromatic rings. The Morgan fingerprint density at radius 3 is 2.32 bits per heavy atom. The highest BCUT2D eigenvalue weighted by Crippen LogP contribution is 2.26. The Labute approximate surface area is 185 Å². The Bertz CT molecular complexity index is 1080. The molecule has 1 saturated heterocycles. The number of piperazine rings is 1. The Balaban J connectivity index is 1.65. The third kappa shape index (κ3) is 5.15. The average Bonchev–Trinajstić information content (AvgIpc) is 2.75. The zero-order valence-electron chi connectivity index (χ0n) is 17.0. The molecule has 0 aromatic heterocycles. The minimum Gasteiger partial charge on any atom is -0.481 e. The molecule has 0 spiro atoms. The highest BCUT2D eigenvalue weighted by atomic mass is 35.5. The van der Waals surface area contributed by atoms with Crippen molar-refractivity contribution in [3.8, 4) is 5.75 Å². The van der Waals surface area contributed by atoms with Crippen molar-refractivity contribution in [2.24, 2.45) is 0 Å². The molecule has 0 N–H and O–H groups in total. The summed E-state index contributed by atoms with van der Waals surface area (Å²) in [6, 6.07) is 10.4. The van der Waals surface area contributed by atoms with Crippen molar-refractivity contribution in [2.45, 2.75) is 24.8 Å². The molecule has 31 heavy (non-hydrogen) atoms. The standard InChI is InChI=1S/C20H22ClN3O6S/c1-14-3-6-17(24(26)27)13-19(14)31(28,29)23-11-9-22(10-12-23)20(25)15(2)30-18-7-4-16(21)5-8-18/h3-8,13,15H,9-12H2,1-2H3. The van der Waals surface area contributed by atoms with Gasteiger partial charge in [-0.25, -0.2) is 8.42 Å². The van der Waals surface area contributed by atoms with E-state index in [1.165, 1.54) is 16.4 Å². The number of hydrogen-bond acceptors (Lipinski definition) is 6. The number of nitro benzene ring substituents is 1. The summed E-state index contributed by atoms with van der Waals surface area (Å²) in [5.74, 6) is 0.256. The van der Waals surface area contributed by atoms with Crippen molar-refractivity contribution >= 4 is 33.2 Å². The number of nitrogens with zero attached hydrogens (tertiary/aromatic N) is 3. The Morgan fingerprint density at radius 1 is 1.13 bits per heavy atom. The third-order valence-corrected chi connectivity index (χ3v) is 7.32. The number of amides is 1. The van der Waals surface area contributed by atoms with Crippen LogP contribution in [-0.4, -0.2) is 60.7 Å². The molecule has 9 nitrogen and oxygen atoms in total. The number of nitro groups is 1. The van der Waals surface area contributed by atoms with E-state index in [-0.39, 0.29) is 42.7 Å². The van der Waals surface area contributed by atoms with Crippen LogP contribution in [0.15, 0.2) is 47.4 Å². The van der Waals surface area contributed by atoms with E-state index < -0.39 is 21.1 Å². The number of non-ortho nitro benzene ring substituents is 1. The van der Waals surface area contributed by atoms with Gasteiger partial charge in [-0.3, -0.25) is 14.9 Å². The number of ether oxygens (including phenoxy) is 1. The van der Waals surface area contributed by atoms with Gasteiger partial charge in [0, 0.05) is 43.3 Å². The van der Waals surface area contributed by atoms with Crippen LogP contribution in [0, 0.1) is 17.0 Å².